The summed E-state index contributed by atoms with van der Waals surface area (Å²) < 4.78 is 10.4. The summed E-state index contributed by atoms with van der Waals surface area (Å²) >= 11 is 0. The third-order valence-electron chi connectivity index (χ3n) is 2.57. The molecule has 1 rings (SSSR count). The van der Waals surface area contributed by atoms with Crippen LogP contribution in [0, 0.1) is 0 Å². The van der Waals surface area contributed by atoms with Crippen molar-refractivity contribution in [3.05, 3.63) is 0 Å². The first kappa shape index (κ1) is 12.3. The summed E-state index contributed by atoms with van der Waals surface area (Å²) in [7, 11) is 1.70. The molecule has 0 aromatic carbocycles. The van der Waals surface area contributed by atoms with Crippen LogP contribution in [-0.4, -0.2) is 30.4 Å². The molecule has 0 heterocycles. The fraction of sp³-hybridized carbons (Fsp3) is 0.909. The minimum absolute atomic E-state index is 0.0698. The van der Waals surface area contributed by atoms with E-state index in [1.54, 1.807) is 7.11 Å². The van der Waals surface area contributed by atoms with Crippen molar-refractivity contribution in [3.8, 4) is 0 Å². The van der Waals surface area contributed by atoms with Crippen molar-refractivity contribution in [3.63, 3.8) is 0 Å². The zero-order chi connectivity index (χ0) is 11.7. The topological polar surface area (TPSA) is 47.6 Å². The van der Waals surface area contributed by atoms with Gasteiger partial charge in [0.05, 0.1) is 5.60 Å². The van der Waals surface area contributed by atoms with Crippen LogP contribution in [0.3, 0.4) is 0 Å². The van der Waals surface area contributed by atoms with Gasteiger partial charge in [0.25, 0.3) is 0 Å². The van der Waals surface area contributed by atoms with Gasteiger partial charge in [-0.15, -0.1) is 0 Å². The number of amides is 1. The Morgan fingerprint density at radius 2 is 1.93 bits per heavy atom. The quantitative estimate of drug-likeness (QED) is 0.767. The van der Waals surface area contributed by atoms with Crippen molar-refractivity contribution in [2.75, 3.05) is 7.11 Å². The van der Waals surface area contributed by atoms with Gasteiger partial charge in [-0.1, -0.05) is 0 Å². The molecule has 0 aromatic rings. The molecule has 1 amide bonds. The molecule has 0 spiro atoms. The van der Waals surface area contributed by atoms with E-state index in [4.69, 9.17) is 9.47 Å². The number of alkyl carbamates (subject to hydrolysis) is 1. The summed E-state index contributed by atoms with van der Waals surface area (Å²) in [4.78, 5) is 11.4. The van der Waals surface area contributed by atoms with Crippen LogP contribution in [0.25, 0.3) is 0 Å². The summed E-state index contributed by atoms with van der Waals surface area (Å²) in [6.07, 6.45) is 1.36. The molecule has 0 radical (unpaired) electrons. The van der Waals surface area contributed by atoms with Gasteiger partial charge in [0.15, 0.2) is 0 Å². The monoisotopic (exact) mass is 215 g/mol. The summed E-state index contributed by atoms with van der Waals surface area (Å²) in [5.74, 6) is 0. The van der Waals surface area contributed by atoms with Gasteiger partial charge in [-0.05, 0) is 40.5 Å². The average molecular weight is 215 g/mol. The smallest absolute Gasteiger partial charge is 0.407 e. The van der Waals surface area contributed by atoms with Gasteiger partial charge in [-0.3, -0.25) is 0 Å². The minimum atomic E-state index is -0.432. The summed E-state index contributed by atoms with van der Waals surface area (Å²) in [5, 5.41) is 2.82. The lowest BCUT2D eigenvalue weighted by Crippen LogP contribution is -2.55. The molecule has 88 valence electrons. The highest BCUT2D eigenvalue weighted by Gasteiger charge is 2.41. The van der Waals surface area contributed by atoms with E-state index in [1.807, 2.05) is 27.7 Å². The maximum absolute atomic E-state index is 11.4. The highest BCUT2D eigenvalue weighted by atomic mass is 16.6. The van der Waals surface area contributed by atoms with Crippen molar-refractivity contribution in [1.82, 2.24) is 5.32 Å². The van der Waals surface area contributed by atoms with E-state index in [2.05, 4.69) is 5.32 Å². The number of carbonyl (C=O) groups is 1. The highest BCUT2D eigenvalue weighted by Crippen LogP contribution is 2.34. The summed E-state index contributed by atoms with van der Waals surface area (Å²) in [5.41, 5.74) is -0.502. The predicted octanol–water partition coefficient (Wildman–Crippen LogP) is 2.08. The van der Waals surface area contributed by atoms with Crippen molar-refractivity contribution >= 4 is 6.09 Å². The second-order valence-corrected chi connectivity index (χ2v) is 5.41. The standard InChI is InChI=1S/C11H21NO3/c1-10(2,3)15-9(13)12-8-6-11(4,7-8)14-5/h8H,6-7H2,1-5H3,(H,12,13). The van der Waals surface area contributed by atoms with Gasteiger partial charge in [-0.2, -0.15) is 0 Å². The second kappa shape index (κ2) is 4.00. The molecule has 1 fully saturated rings. The van der Waals surface area contributed by atoms with E-state index >= 15 is 0 Å². The van der Waals surface area contributed by atoms with Crippen molar-refractivity contribution in [2.24, 2.45) is 0 Å². The molecule has 1 saturated carbocycles. The highest BCUT2D eigenvalue weighted by molar-refractivity contribution is 5.68. The Kier molecular flexibility index (Phi) is 3.28. The molecular weight excluding hydrogens is 194 g/mol. The Hall–Kier alpha value is -0.770. The fourth-order valence-electron chi connectivity index (χ4n) is 1.73. The van der Waals surface area contributed by atoms with Gasteiger partial charge in [0.2, 0.25) is 0 Å². The lowest BCUT2D eigenvalue weighted by atomic mass is 9.77. The van der Waals surface area contributed by atoms with Gasteiger partial charge in [0, 0.05) is 13.2 Å². The molecule has 15 heavy (non-hydrogen) atoms. The minimum Gasteiger partial charge on any atom is -0.444 e. The Labute approximate surface area is 91.3 Å². The van der Waals surface area contributed by atoms with Gasteiger partial charge in [0.1, 0.15) is 5.60 Å². The molecule has 1 N–H and O–H groups in total. The lowest BCUT2D eigenvalue weighted by molar-refractivity contribution is -0.0750. The van der Waals surface area contributed by atoms with Gasteiger partial charge in [-0.25, -0.2) is 4.79 Å². The first-order valence-electron chi connectivity index (χ1n) is 5.29. The SMILES string of the molecule is COC1(C)CC(NC(=O)OC(C)(C)C)C1. The van der Waals surface area contributed by atoms with E-state index in [9.17, 15) is 4.79 Å². The molecule has 1 aliphatic rings. The van der Waals surface area contributed by atoms with E-state index in [-0.39, 0.29) is 17.7 Å². The molecule has 0 unspecified atom stereocenters. The lowest BCUT2D eigenvalue weighted by Gasteiger charge is -2.44. The molecule has 0 atom stereocenters. The number of rotatable bonds is 2. The molecule has 1 aliphatic carbocycles. The van der Waals surface area contributed by atoms with E-state index in [0.29, 0.717) is 0 Å². The number of hydrogen-bond acceptors (Lipinski definition) is 3. The van der Waals surface area contributed by atoms with Crippen molar-refractivity contribution in [1.29, 1.82) is 0 Å². The second-order valence-electron chi connectivity index (χ2n) is 5.41. The third kappa shape index (κ3) is 3.70. The van der Waals surface area contributed by atoms with Crippen molar-refractivity contribution < 1.29 is 14.3 Å². The Bertz CT molecular complexity index is 239. The van der Waals surface area contributed by atoms with Crippen LogP contribution in [-0.2, 0) is 9.47 Å². The number of nitrogens with one attached hydrogen (secondary N) is 1. The maximum Gasteiger partial charge on any atom is 0.407 e. The van der Waals surface area contributed by atoms with Gasteiger partial charge < -0.3 is 14.8 Å². The average Bonchev–Trinajstić information content (AvgIpc) is 1.97. The van der Waals surface area contributed by atoms with Crippen LogP contribution in [0.4, 0.5) is 4.79 Å². The predicted molar refractivity (Wildman–Crippen MR) is 57.8 cm³/mol. The van der Waals surface area contributed by atoms with Crippen LogP contribution >= 0.6 is 0 Å². The van der Waals surface area contributed by atoms with Crippen LogP contribution in [0.15, 0.2) is 0 Å². The first-order chi connectivity index (χ1) is 6.74. The number of methoxy groups -OCH3 is 1. The largest absolute Gasteiger partial charge is 0.444 e. The van der Waals surface area contributed by atoms with E-state index in [0.717, 1.165) is 12.8 Å². The number of carbonyl (C=O) groups excluding carboxylic acids is 1. The zero-order valence-electron chi connectivity index (χ0n) is 10.2. The normalized spacial score (nSPS) is 30.6. The Balaban J connectivity index is 2.25. The molecule has 0 aliphatic heterocycles. The van der Waals surface area contributed by atoms with Crippen LogP contribution < -0.4 is 5.32 Å². The van der Waals surface area contributed by atoms with E-state index < -0.39 is 5.60 Å². The van der Waals surface area contributed by atoms with E-state index in [1.165, 1.54) is 0 Å². The van der Waals surface area contributed by atoms with Crippen LogP contribution in [0.5, 0.6) is 0 Å². The maximum atomic E-state index is 11.4. The zero-order valence-corrected chi connectivity index (χ0v) is 10.2. The summed E-state index contributed by atoms with van der Waals surface area (Å²) in [6.45, 7) is 7.60. The van der Waals surface area contributed by atoms with Gasteiger partial charge >= 0.3 is 6.09 Å². The molecule has 0 bridgehead atoms. The Morgan fingerprint density at radius 1 is 1.40 bits per heavy atom. The third-order valence-corrected chi connectivity index (χ3v) is 2.57. The molecule has 4 heteroatoms. The molecule has 4 nitrogen and oxygen atoms in total. The number of hydrogen-bond donors (Lipinski definition) is 1. The number of ether oxygens (including phenoxy) is 2. The molecular formula is C11H21NO3. The molecule has 0 saturated heterocycles. The van der Waals surface area contributed by atoms with Crippen LogP contribution in [0.2, 0.25) is 0 Å². The summed E-state index contributed by atoms with van der Waals surface area (Å²) in [6, 6.07) is 0.185. The first-order valence-corrected chi connectivity index (χ1v) is 5.29. The van der Waals surface area contributed by atoms with Crippen LogP contribution in [0.1, 0.15) is 40.5 Å². The Morgan fingerprint density at radius 3 is 2.33 bits per heavy atom. The molecule has 0 aromatic heterocycles. The van der Waals surface area contributed by atoms with Crippen molar-refractivity contribution in [2.45, 2.75) is 57.8 Å². The fourth-order valence-corrected chi connectivity index (χ4v) is 1.73.